The zero-order chi connectivity index (χ0) is 27.5. The van der Waals surface area contributed by atoms with Gasteiger partial charge in [-0.25, -0.2) is 8.42 Å². The zero-order valence-electron chi connectivity index (χ0n) is 20.5. The highest BCUT2D eigenvalue weighted by Gasteiger charge is 2.33. The van der Waals surface area contributed by atoms with Crippen LogP contribution >= 0.6 is 11.6 Å². The molecule has 0 saturated carbocycles. The van der Waals surface area contributed by atoms with Crippen LogP contribution in [0.5, 0.6) is 0 Å². The Balaban J connectivity index is 1.58. The first kappa shape index (κ1) is 27.6. The highest BCUT2D eigenvalue weighted by Crippen LogP contribution is 2.36. The summed E-state index contributed by atoms with van der Waals surface area (Å²) >= 11 is 5.66. The number of rotatable bonds is 8. The molecule has 0 spiro atoms. The molecular formula is C28H24ClF3N2O3S. The topological polar surface area (TPSA) is 62.9 Å². The van der Waals surface area contributed by atoms with Gasteiger partial charge in [-0.05, 0) is 61.9 Å². The van der Waals surface area contributed by atoms with E-state index in [2.05, 4.69) is 4.99 Å². The first-order chi connectivity index (χ1) is 17.9. The molecule has 5 nitrogen and oxygen atoms in total. The molecule has 0 fully saturated rings. The molecule has 0 radical (unpaired) electrons. The quantitative estimate of drug-likeness (QED) is 0.207. The number of halogens is 4. The van der Waals surface area contributed by atoms with Crippen LogP contribution in [-0.2, 0) is 29.3 Å². The van der Waals surface area contributed by atoms with Crippen LogP contribution in [0.25, 0.3) is 0 Å². The summed E-state index contributed by atoms with van der Waals surface area (Å²) < 4.78 is 73.5. The van der Waals surface area contributed by atoms with E-state index in [0.717, 1.165) is 28.8 Å². The summed E-state index contributed by atoms with van der Waals surface area (Å²) in [4.78, 5) is 4.21. The van der Waals surface area contributed by atoms with Crippen molar-refractivity contribution < 1.29 is 26.0 Å². The largest absolute Gasteiger partial charge is 0.459 e. The Morgan fingerprint density at radius 2 is 1.53 bits per heavy atom. The molecule has 4 rings (SSSR count). The Bertz CT molecular complexity index is 1550. The monoisotopic (exact) mass is 560 g/mol. The summed E-state index contributed by atoms with van der Waals surface area (Å²) in [5.74, 6) is 0.605. The van der Waals surface area contributed by atoms with Gasteiger partial charge in [0, 0.05) is 6.54 Å². The lowest BCUT2D eigenvalue weighted by Crippen LogP contribution is -2.30. The third-order valence-corrected chi connectivity index (χ3v) is 7.88. The minimum Gasteiger partial charge on any atom is -0.459 e. The van der Waals surface area contributed by atoms with Gasteiger partial charge < -0.3 is 4.42 Å². The average molecular weight is 561 g/mol. The van der Waals surface area contributed by atoms with Gasteiger partial charge >= 0.3 is 6.18 Å². The molecule has 10 heteroatoms. The van der Waals surface area contributed by atoms with Gasteiger partial charge in [0.2, 0.25) is 10.0 Å². The van der Waals surface area contributed by atoms with Crippen LogP contribution in [0.4, 0.5) is 18.9 Å². The van der Waals surface area contributed by atoms with E-state index in [0.29, 0.717) is 5.76 Å². The minimum atomic E-state index is -4.61. The second-order valence-electron chi connectivity index (χ2n) is 8.80. The first-order valence-corrected chi connectivity index (χ1v) is 13.4. The predicted molar refractivity (Wildman–Crippen MR) is 141 cm³/mol. The highest BCUT2D eigenvalue weighted by atomic mass is 35.5. The third-order valence-electron chi connectivity index (χ3n) is 5.75. The lowest BCUT2D eigenvalue weighted by atomic mass is 10.1. The molecule has 0 atom stereocenters. The number of hydrogen-bond acceptors (Lipinski definition) is 4. The summed E-state index contributed by atoms with van der Waals surface area (Å²) in [6.07, 6.45) is -3.34. The fraction of sp³-hybridized carbons (Fsp3) is 0.179. The number of furan rings is 1. The summed E-state index contributed by atoms with van der Waals surface area (Å²) in [5.41, 5.74) is 1.86. The molecule has 0 aliphatic carbocycles. The third kappa shape index (κ3) is 6.72. The number of sulfonamides is 1. The van der Waals surface area contributed by atoms with Crippen LogP contribution in [0.3, 0.4) is 0 Å². The number of alkyl halides is 3. The molecule has 1 aromatic heterocycles. The molecule has 0 N–H and O–H groups in total. The van der Waals surface area contributed by atoms with Crippen LogP contribution in [0.2, 0.25) is 5.02 Å². The van der Waals surface area contributed by atoms with Gasteiger partial charge in [-0.3, -0.25) is 4.99 Å². The van der Waals surface area contributed by atoms with Gasteiger partial charge in [0.05, 0.1) is 33.9 Å². The van der Waals surface area contributed by atoms with Crippen molar-refractivity contribution in [2.75, 3.05) is 0 Å². The molecule has 0 unspecified atom stereocenters. The van der Waals surface area contributed by atoms with Crippen LogP contribution in [0.15, 0.2) is 93.2 Å². The SMILES string of the molecule is Cc1ccc(CN(Cc2ccc(C=Nc3ccc(Cl)c(C(F)(F)F)c3)o2)S(=O)(=O)c2ccc(C)cc2)cc1. The molecule has 38 heavy (non-hydrogen) atoms. The molecule has 0 aliphatic heterocycles. The molecule has 0 bridgehead atoms. The fourth-order valence-corrected chi connectivity index (χ4v) is 5.27. The number of benzene rings is 3. The number of aliphatic imine (C=N–C) groups is 1. The first-order valence-electron chi connectivity index (χ1n) is 11.5. The van der Waals surface area contributed by atoms with E-state index in [4.69, 9.17) is 16.0 Å². The van der Waals surface area contributed by atoms with Gasteiger partial charge in [-0.1, -0.05) is 59.1 Å². The Morgan fingerprint density at radius 1 is 0.895 bits per heavy atom. The van der Waals surface area contributed by atoms with Crippen LogP contribution in [-0.4, -0.2) is 18.9 Å². The molecule has 198 valence electrons. The van der Waals surface area contributed by atoms with Crippen molar-refractivity contribution in [2.45, 2.75) is 38.0 Å². The van der Waals surface area contributed by atoms with Crippen molar-refractivity contribution in [1.82, 2.24) is 4.31 Å². The average Bonchev–Trinajstić information content (AvgIpc) is 3.31. The van der Waals surface area contributed by atoms with Gasteiger partial charge in [-0.15, -0.1) is 0 Å². The second kappa shape index (κ2) is 11.1. The maximum absolute atomic E-state index is 13.5. The van der Waals surface area contributed by atoms with Gasteiger partial charge in [0.15, 0.2) is 0 Å². The molecule has 4 aromatic rings. The summed E-state index contributed by atoms with van der Waals surface area (Å²) in [6.45, 7) is 3.88. The summed E-state index contributed by atoms with van der Waals surface area (Å²) in [6, 6.07) is 20.7. The summed E-state index contributed by atoms with van der Waals surface area (Å²) in [7, 11) is -3.87. The minimum absolute atomic E-state index is 0.0441. The van der Waals surface area contributed by atoms with Gasteiger partial charge in [0.25, 0.3) is 0 Å². The Labute approximate surface area is 224 Å². The van der Waals surface area contributed by atoms with Crippen LogP contribution in [0.1, 0.15) is 33.8 Å². The molecule has 3 aromatic carbocycles. The zero-order valence-corrected chi connectivity index (χ0v) is 22.1. The fourth-order valence-electron chi connectivity index (χ4n) is 3.65. The number of aryl methyl sites for hydroxylation is 2. The number of hydrogen-bond donors (Lipinski definition) is 0. The smallest absolute Gasteiger partial charge is 0.417 e. The molecule has 0 saturated heterocycles. The predicted octanol–water partition coefficient (Wildman–Crippen LogP) is 7.71. The lowest BCUT2D eigenvalue weighted by Gasteiger charge is -2.21. The van der Waals surface area contributed by atoms with Crippen LogP contribution < -0.4 is 0 Å². The van der Waals surface area contributed by atoms with Crippen LogP contribution in [0, 0.1) is 13.8 Å². The van der Waals surface area contributed by atoms with Gasteiger partial charge in [0.1, 0.15) is 11.5 Å². The van der Waals surface area contributed by atoms with E-state index in [1.54, 1.807) is 36.4 Å². The van der Waals surface area contributed by atoms with E-state index in [9.17, 15) is 21.6 Å². The Kier molecular flexibility index (Phi) is 8.10. The summed E-state index contributed by atoms with van der Waals surface area (Å²) in [5, 5.41) is -0.416. The van der Waals surface area contributed by atoms with Crippen molar-refractivity contribution >= 4 is 33.5 Å². The number of nitrogens with zero attached hydrogens (tertiary/aromatic N) is 2. The van der Waals surface area contributed by atoms with Crippen molar-refractivity contribution in [3.8, 4) is 0 Å². The van der Waals surface area contributed by atoms with E-state index in [1.165, 1.54) is 16.6 Å². The maximum Gasteiger partial charge on any atom is 0.417 e. The van der Waals surface area contributed by atoms with Gasteiger partial charge in [-0.2, -0.15) is 17.5 Å². The van der Waals surface area contributed by atoms with Crippen molar-refractivity contribution in [2.24, 2.45) is 4.99 Å². The second-order valence-corrected chi connectivity index (χ2v) is 11.1. The molecule has 1 heterocycles. The highest BCUT2D eigenvalue weighted by molar-refractivity contribution is 7.89. The van der Waals surface area contributed by atoms with E-state index in [1.807, 2.05) is 38.1 Å². The lowest BCUT2D eigenvalue weighted by molar-refractivity contribution is -0.137. The standard InChI is InChI=1S/C28H24ClF3N2O3S/c1-19-3-7-21(8-4-19)17-34(38(35,36)25-12-5-20(2)6-13-25)18-24-11-10-23(37-24)16-33-22-9-14-27(29)26(15-22)28(30,31)32/h3-16H,17-18H2,1-2H3. The molecule has 0 aliphatic rings. The Hall–Kier alpha value is -3.40. The normalized spacial score (nSPS) is 12.5. The molecular weight excluding hydrogens is 537 g/mol. The van der Waals surface area contributed by atoms with E-state index >= 15 is 0 Å². The maximum atomic E-state index is 13.5. The van der Waals surface area contributed by atoms with E-state index in [-0.39, 0.29) is 29.4 Å². The molecule has 0 amide bonds. The van der Waals surface area contributed by atoms with Crippen molar-refractivity contribution in [3.05, 3.63) is 118 Å². The van der Waals surface area contributed by atoms with Crippen molar-refractivity contribution in [3.63, 3.8) is 0 Å². The van der Waals surface area contributed by atoms with Crippen molar-refractivity contribution in [1.29, 1.82) is 0 Å². The van der Waals surface area contributed by atoms with E-state index < -0.39 is 26.8 Å². The Morgan fingerprint density at radius 3 is 2.16 bits per heavy atom.